The smallest absolute Gasteiger partial charge is 0.453 e. The molecule has 0 aliphatic carbocycles. The fraction of sp³-hybridized carbons (Fsp3) is 0.227. The van der Waals surface area contributed by atoms with Crippen LogP contribution in [-0.4, -0.2) is 33.9 Å². The summed E-state index contributed by atoms with van der Waals surface area (Å²) < 4.78 is 52.4. The van der Waals surface area contributed by atoms with Crippen molar-refractivity contribution in [3.8, 4) is 11.5 Å². The highest BCUT2D eigenvalue weighted by Crippen LogP contribution is 2.41. The van der Waals surface area contributed by atoms with E-state index in [2.05, 4.69) is 20.7 Å². The molecule has 2 N–H and O–H groups in total. The SMILES string of the molecule is CC1=C(C(=O)Nc2cccc(Cl)c2)C(c2ccc3c(c2)OCCO3)n2nc(C(F)(F)F)nc2N1. The van der Waals surface area contributed by atoms with E-state index in [0.717, 1.165) is 4.68 Å². The standard InChI is InChI=1S/C22H17ClF3N5O3/c1-11-17(19(32)28-14-4-2-3-13(23)10-14)18(12-5-6-15-16(9-12)34-8-7-33-15)31-21(27-11)29-20(30-31)22(24,25)26/h2-6,9-10,18H,7-8H2,1H3,(H,28,32)(H,27,29,30). The van der Waals surface area contributed by atoms with Crippen LogP contribution in [0.1, 0.15) is 24.4 Å². The first-order valence-corrected chi connectivity index (χ1v) is 10.6. The average molecular weight is 492 g/mol. The molecule has 5 rings (SSSR count). The zero-order valence-electron chi connectivity index (χ0n) is 17.6. The van der Waals surface area contributed by atoms with Crippen molar-refractivity contribution in [3.63, 3.8) is 0 Å². The molecule has 3 heterocycles. The number of amides is 1. The Morgan fingerprint density at radius 1 is 1.18 bits per heavy atom. The summed E-state index contributed by atoms with van der Waals surface area (Å²) in [6, 6.07) is 10.4. The molecule has 3 aromatic rings. The number of rotatable bonds is 3. The molecule has 2 aliphatic rings. The summed E-state index contributed by atoms with van der Waals surface area (Å²) in [5.74, 6) is -1.07. The number of nitrogens with one attached hydrogen (secondary N) is 2. The number of carbonyl (C=O) groups is 1. The predicted molar refractivity (Wildman–Crippen MR) is 117 cm³/mol. The summed E-state index contributed by atoms with van der Waals surface area (Å²) in [4.78, 5) is 17.0. The van der Waals surface area contributed by atoms with Crippen LogP contribution in [0.2, 0.25) is 5.02 Å². The molecule has 1 amide bonds. The van der Waals surface area contributed by atoms with Crippen LogP contribution >= 0.6 is 11.6 Å². The maximum Gasteiger partial charge on any atom is 0.453 e. The van der Waals surface area contributed by atoms with Gasteiger partial charge in [-0.15, -0.1) is 5.10 Å². The lowest BCUT2D eigenvalue weighted by Gasteiger charge is -2.29. The van der Waals surface area contributed by atoms with E-state index in [0.29, 0.717) is 46.7 Å². The number of halogens is 4. The van der Waals surface area contributed by atoms with E-state index < -0.39 is 23.9 Å². The second kappa shape index (κ2) is 8.24. The van der Waals surface area contributed by atoms with Crippen molar-refractivity contribution in [1.82, 2.24) is 14.8 Å². The van der Waals surface area contributed by atoms with Gasteiger partial charge in [0, 0.05) is 16.4 Å². The van der Waals surface area contributed by atoms with Crippen LogP contribution in [-0.2, 0) is 11.0 Å². The number of alkyl halides is 3. The molecule has 8 nitrogen and oxygen atoms in total. The number of benzene rings is 2. The highest BCUT2D eigenvalue weighted by atomic mass is 35.5. The molecule has 0 saturated carbocycles. The van der Waals surface area contributed by atoms with Crippen molar-refractivity contribution in [2.75, 3.05) is 23.8 Å². The van der Waals surface area contributed by atoms with Gasteiger partial charge in [0.05, 0.1) is 5.57 Å². The molecule has 0 bridgehead atoms. The van der Waals surface area contributed by atoms with E-state index >= 15 is 0 Å². The normalized spacial score (nSPS) is 17.1. The Balaban J connectivity index is 1.61. The molecule has 2 aliphatic heterocycles. The van der Waals surface area contributed by atoms with Gasteiger partial charge in [-0.2, -0.15) is 18.2 Å². The Hall–Kier alpha value is -3.73. The summed E-state index contributed by atoms with van der Waals surface area (Å²) in [6.45, 7) is 2.30. The summed E-state index contributed by atoms with van der Waals surface area (Å²) >= 11 is 6.02. The van der Waals surface area contributed by atoms with Crippen LogP contribution in [0.4, 0.5) is 24.8 Å². The summed E-state index contributed by atoms with van der Waals surface area (Å²) in [6.07, 6.45) is -4.76. The molecule has 2 aromatic carbocycles. The van der Waals surface area contributed by atoms with E-state index in [1.807, 2.05) is 0 Å². The minimum atomic E-state index is -4.76. The topological polar surface area (TPSA) is 90.3 Å². The third-order valence-corrected chi connectivity index (χ3v) is 5.55. The maximum atomic E-state index is 13.4. The first-order chi connectivity index (χ1) is 16.2. The van der Waals surface area contributed by atoms with Crippen LogP contribution in [0.25, 0.3) is 0 Å². The van der Waals surface area contributed by atoms with Gasteiger partial charge >= 0.3 is 6.18 Å². The highest BCUT2D eigenvalue weighted by molar-refractivity contribution is 6.31. The zero-order valence-corrected chi connectivity index (χ0v) is 18.4. The quantitative estimate of drug-likeness (QED) is 0.554. The van der Waals surface area contributed by atoms with Gasteiger partial charge in [0.25, 0.3) is 11.7 Å². The number of hydrogen-bond acceptors (Lipinski definition) is 6. The van der Waals surface area contributed by atoms with Crippen LogP contribution < -0.4 is 20.1 Å². The molecule has 1 unspecified atom stereocenters. The number of nitrogens with zero attached hydrogens (tertiary/aromatic N) is 3. The molecule has 1 atom stereocenters. The third-order valence-electron chi connectivity index (χ3n) is 5.32. The lowest BCUT2D eigenvalue weighted by molar-refractivity contribution is -0.145. The van der Waals surface area contributed by atoms with Gasteiger partial charge in [0.1, 0.15) is 19.3 Å². The summed E-state index contributed by atoms with van der Waals surface area (Å²) in [5.41, 5.74) is 1.39. The fourth-order valence-corrected chi connectivity index (χ4v) is 4.06. The van der Waals surface area contributed by atoms with E-state index in [1.165, 1.54) is 0 Å². The molecule has 0 saturated heterocycles. The van der Waals surface area contributed by atoms with Crippen LogP contribution in [0.5, 0.6) is 11.5 Å². The Labute approximate surface area is 196 Å². The van der Waals surface area contributed by atoms with Crippen LogP contribution in [0, 0.1) is 0 Å². The fourth-order valence-electron chi connectivity index (χ4n) is 3.87. The maximum absolute atomic E-state index is 13.4. The van der Waals surface area contributed by atoms with Crippen molar-refractivity contribution < 1.29 is 27.4 Å². The van der Waals surface area contributed by atoms with E-state index in [1.54, 1.807) is 49.4 Å². The van der Waals surface area contributed by atoms with E-state index in [-0.39, 0.29) is 11.5 Å². The Morgan fingerprint density at radius 2 is 1.94 bits per heavy atom. The molecule has 0 radical (unpaired) electrons. The zero-order chi connectivity index (χ0) is 24.0. The minimum absolute atomic E-state index is 0.135. The van der Waals surface area contributed by atoms with Crippen molar-refractivity contribution in [2.24, 2.45) is 0 Å². The second-order valence-corrected chi connectivity index (χ2v) is 8.07. The number of carbonyl (C=O) groups excluding carboxylic acids is 1. The summed E-state index contributed by atoms with van der Waals surface area (Å²) in [7, 11) is 0. The molecule has 176 valence electrons. The van der Waals surface area contributed by atoms with E-state index in [9.17, 15) is 18.0 Å². The lowest BCUT2D eigenvalue weighted by atomic mass is 9.94. The van der Waals surface area contributed by atoms with Crippen molar-refractivity contribution >= 4 is 29.1 Å². The monoisotopic (exact) mass is 491 g/mol. The van der Waals surface area contributed by atoms with E-state index in [4.69, 9.17) is 21.1 Å². The van der Waals surface area contributed by atoms with Gasteiger partial charge < -0.3 is 20.1 Å². The predicted octanol–water partition coefficient (Wildman–Crippen LogP) is 4.65. The second-order valence-electron chi connectivity index (χ2n) is 7.64. The number of anilines is 2. The molecule has 0 spiro atoms. The molecule has 12 heteroatoms. The minimum Gasteiger partial charge on any atom is -0.486 e. The van der Waals surface area contributed by atoms with Gasteiger partial charge in [-0.1, -0.05) is 23.7 Å². The van der Waals surface area contributed by atoms with Crippen LogP contribution in [0.15, 0.2) is 53.7 Å². The summed E-state index contributed by atoms with van der Waals surface area (Å²) in [5, 5.41) is 9.63. The molecular weight excluding hydrogens is 475 g/mol. The van der Waals surface area contributed by atoms with Gasteiger partial charge in [-0.3, -0.25) is 4.79 Å². The van der Waals surface area contributed by atoms with Crippen molar-refractivity contribution in [1.29, 1.82) is 0 Å². The Bertz CT molecular complexity index is 1320. The molecular formula is C22H17ClF3N5O3. The van der Waals surface area contributed by atoms with Gasteiger partial charge in [-0.05, 0) is 42.8 Å². The first-order valence-electron chi connectivity index (χ1n) is 10.2. The van der Waals surface area contributed by atoms with Crippen molar-refractivity contribution in [3.05, 3.63) is 70.1 Å². The highest BCUT2D eigenvalue weighted by Gasteiger charge is 2.41. The number of ether oxygens (including phenoxy) is 2. The lowest BCUT2D eigenvalue weighted by Crippen LogP contribution is -2.31. The van der Waals surface area contributed by atoms with Gasteiger partial charge in [0.15, 0.2) is 11.5 Å². The van der Waals surface area contributed by atoms with Crippen molar-refractivity contribution in [2.45, 2.75) is 19.1 Å². The molecule has 0 fully saturated rings. The largest absolute Gasteiger partial charge is 0.486 e. The van der Waals surface area contributed by atoms with Gasteiger partial charge in [-0.25, -0.2) is 4.68 Å². The Kier molecular flexibility index (Phi) is 5.35. The first kappa shape index (κ1) is 22.1. The average Bonchev–Trinajstić information content (AvgIpc) is 3.22. The Morgan fingerprint density at radius 3 is 2.68 bits per heavy atom. The van der Waals surface area contributed by atoms with Crippen LogP contribution in [0.3, 0.4) is 0 Å². The number of aromatic nitrogens is 3. The third kappa shape index (κ3) is 4.03. The number of allylic oxidation sites excluding steroid dienone is 1. The molecule has 1 aromatic heterocycles. The molecule has 34 heavy (non-hydrogen) atoms. The number of hydrogen-bond donors (Lipinski definition) is 2. The number of fused-ring (bicyclic) bond motifs is 2. The van der Waals surface area contributed by atoms with Gasteiger partial charge in [0.2, 0.25) is 5.95 Å².